The Labute approximate surface area is 182 Å². The monoisotopic (exact) mass is 433 g/mol. The molecule has 7 nitrogen and oxygen atoms in total. The first-order valence-corrected chi connectivity index (χ1v) is 10.3. The summed E-state index contributed by atoms with van der Waals surface area (Å²) >= 11 is 1.21. The number of ether oxygens (including phenoxy) is 1. The van der Waals surface area contributed by atoms with Crippen LogP contribution in [-0.2, 0) is 9.59 Å². The molecule has 156 valence electrons. The Morgan fingerprint density at radius 3 is 2.61 bits per heavy atom. The summed E-state index contributed by atoms with van der Waals surface area (Å²) in [5, 5.41) is 19.7. The molecule has 0 radical (unpaired) electrons. The second kappa shape index (κ2) is 8.53. The first-order chi connectivity index (χ1) is 15.0. The predicted octanol–water partition coefficient (Wildman–Crippen LogP) is 4.04. The van der Waals surface area contributed by atoms with Crippen molar-refractivity contribution < 1.29 is 19.4 Å². The van der Waals surface area contributed by atoms with Gasteiger partial charge < -0.3 is 9.84 Å². The van der Waals surface area contributed by atoms with Gasteiger partial charge in [0.2, 0.25) is 5.13 Å². The SMILES string of the molecule is COc1cccc(C2C(C(=O)C=Cc3ccccc3)=C(O)C(=O)N2c2nnc(C)s2)c1. The van der Waals surface area contributed by atoms with Crippen LogP contribution in [0.25, 0.3) is 6.08 Å². The molecule has 1 atom stereocenters. The van der Waals surface area contributed by atoms with Gasteiger partial charge in [0.25, 0.3) is 5.91 Å². The number of rotatable bonds is 6. The zero-order valence-electron chi connectivity index (χ0n) is 16.9. The van der Waals surface area contributed by atoms with E-state index in [-0.39, 0.29) is 5.57 Å². The van der Waals surface area contributed by atoms with Gasteiger partial charge in [-0.2, -0.15) is 0 Å². The summed E-state index contributed by atoms with van der Waals surface area (Å²) in [5.74, 6) is -1.19. The minimum atomic E-state index is -0.858. The maximum absolute atomic E-state index is 13.1. The lowest BCUT2D eigenvalue weighted by Gasteiger charge is -2.24. The summed E-state index contributed by atoms with van der Waals surface area (Å²) in [4.78, 5) is 27.4. The number of amides is 1. The molecule has 1 amide bonds. The number of allylic oxidation sites excluding steroid dienone is 1. The number of aliphatic hydroxyl groups is 1. The number of hydrogen-bond donors (Lipinski definition) is 1. The van der Waals surface area contributed by atoms with E-state index < -0.39 is 23.5 Å². The molecule has 0 saturated carbocycles. The number of aryl methyl sites for hydroxylation is 1. The molecule has 1 N–H and O–H groups in total. The molecule has 0 fully saturated rings. The number of ketones is 1. The number of carbonyl (C=O) groups is 2. The Balaban J connectivity index is 1.79. The van der Waals surface area contributed by atoms with Crippen LogP contribution in [0.2, 0.25) is 0 Å². The normalized spacial score (nSPS) is 16.4. The van der Waals surface area contributed by atoms with Crippen LogP contribution in [0.3, 0.4) is 0 Å². The molecule has 1 aliphatic rings. The fourth-order valence-corrected chi connectivity index (χ4v) is 4.10. The van der Waals surface area contributed by atoms with Crippen LogP contribution in [0, 0.1) is 6.92 Å². The summed E-state index contributed by atoms with van der Waals surface area (Å²) in [6.45, 7) is 1.77. The van der Waals surface area contributed by atoms with Gasteiger partial charge in [0, 0.05) is 0 Å². The zero-order chi connectivity index (χ0) is 22.0. The molecule has 2 heterocycles. The van der Waals surface area contributed by atoms with Gasteiger partial charge in [-0.3, -0.25) is 14.5 Å². The summed E-state index contributed by atoms with van der Waals surface area (Å²) in [6.07, 6.45) is 3.00. The standard InChI is InChI=1S/C23H19N3O4S/c1-14-24-25-23(31-14)26-20(16-9-6-10-17(13-16)30-2)19(21(28)22(26)29)18(27)12-11-15-7-4-3-5-8-15/h3-13,20,28H,1-2H3. The van der Waals surface area contributed by atoms with Crippen LogP contribution in [0.1, 0.15) is 22.2 Å². The lowest BCUT2D eigenvalue weighted by Crippen LogP contribution is -2.30. The first-order valence-electron chi connectivity index (χ1n) is 9.48. The molecule has 1 unspecified atom stereocenters. The van der Waals surface area contributed by atoms with Crippen LogP contribution in [0.4, 0.5) is 5.13 Å². The molecular formula is C23H19N3O4S. The molecule has 3 aromatic rings. The van der Waals surface area contributed by atoms with E-state index in [9.17, 15) is 14.7 Å². The third-order valence-electron chi connectivity index (χ3n) is 4.83. The predicted molar refractivity (Wildman–Crippen MR) is 118 cm³/mol. The van der Waals surface area contributed by atoms with Crippen LogP contribution in [0.5, 0.6) is 5.75 Å². The smallest absolute Gasteiger partial charge is 0.296 e. The Bertz CT molecular complexity index is 1200. The molecule has 0 saturated heterocycles. The number of carbonyl (C=O) groups excluding carboxylic acids is 2. The molecule has 8 heteroatoms. The third-order valence-corrected chi connectivity index (χ3v) is 5.67. The van der Waals surface area contributed by atoms with Crippen LogP contribution in [-0.4, -0.2) is 34.1 Å². The molecule has 0 spiro atoms. The highest BCUT2D eigenvalue weighted by Crippen LogP contribution is 2.42. The molecule has 4 rings (SSSR count). The third kappa shape index (κ3) is 3.97. The maximum atomic E-state index is 13.1. The molecule has 0 bridgehead atoms. The van der Waals surface area contributed by atoms with Gasteiger partial charge in [-0.1, -0.05) is 59.9 Å². The van der Waals surface area contributed by atoms with Gasteiger partial charge in [0.1, 0.15) is 10.8 Å². The van der Waals surface area contributed by atoms with E-state index in [2.05, 4.69) is 10.2 Å². The number of aliphatic hydroxyl groups excluding tert-OH is 1. The van der Waals surface area contributed by atoms with Crippen molar-refractivity contribution in [3.63, 3.8) is 0 Å². The van der Waals surface area contributed by atoms with E-state index in [1.807, 2.05) is 30.3 Å². The van der Waals surface area contributed by atoms with Gasteiger partial charge in [0.05, 0.1) is 18.7 Å². The van der Waals surface area contributed by atoms with Crippen molar-refractivity contribution in [2.45, 2.75) is 13.0 Å². The van der Waals surface area contributed by atoms with Crippen molar-refractivity contribution in [2.75, 3.05) is 12.0 Å². The summed E-state index contributed by atoms with van der Waals surface area (Å²) in [5.41, 5.74) is 1.43. The Morgan fingerprint density at radius 2 is 1.94 bits per heavy atom. The second-order valence-electron chi connectivity index (χ2n) is 6.83. The summed E-state index contributed by atoms with van der Waals surface area (Å²) < 4.78 is 5.31. The summed E-state index contributed by atoms with van der Waals surface area (Å²) in [6, 6.07) is 15.5. The maximum Gasteiger partial charge on any atom is 0.296 e. The molecule has 1 aliphatic heterocycles. The van der Waals surface area contributed by atoms with Crippen molar-refractivity contribution in [1.29, 1.82) is 0 Å². The molecule has 1 aromatic heterocycles. The van der Waals surface area contributed by atoms with Crippen molar-refractivity contribution in [3.05, 3.63) is 88.1 Å². The van der Waals surface area contributed by atoms with Crippen LogP contribution < -0.4 is 9.64 Å². The number of benzene rings is 2. The van der Waals surface area contributed by atoms with Crippen LogP contribution in [0.15, 0.2) is 72.0 Å². The number of nitrogens with zero attached hydrogens (tertiary/aromatic N) is 3. The number of methoxy groups -OCH3 is 1. The molecule has 31 heavy (non-hydrogen) atoms. The first kappa shape index (κ1) is 20.5. The Kier molecular flexibility index (Phi) is 5.64. The van der Waals surface area contributed by atoms with Crippen LogP contribution >= 0.6 is 11.3 Å². The van der Waals surface area contributed by atoms with Gasteiger partial charge in [0.15, 0.2) is 11.5 Å². The fraction of sp³-hybridized carbons (Fsp3) is 0.130. The second-order valence-corrected chi connectivity index (χ2v) is 7.99. The van der Waals surface area contributed by atoms with E-state index in [4.69, 9.17) is 4.74 Å². The minimum absolute atomic E-state index is 0.0155. The van der Waals surface area contributed by atoms with E-state index >= 15 is 0 Å². The van der Waals surface area contributed by atoms with Gasteiger partial charge in [-0.05, 0) is 36.3 Å². The van der Waals surface area contributed by atoms with Crippen molar-refractivity contribution in [3.8, 4) is 5.75 Å². The van der Waals surface area contributed by atoms with Gasteiger partial charge >= 0.3 is 0 Å². The van der Waals surface area contributed by atoms with Crippen molar-refractivity contribution in [2.24, 2.45) is 0 Å². The summed E-state index contributed by atoms with van der Waals surface area (Å²) in [7, 11) is 1.53. The highest BCUT2D eigenvalue weighted by atomic mass is 32.1. The minimum Gasteiger partial charge on any atom is -0.503 e. The number of aromatic nitrogens is 2. The number of hydrogen-bond acceptors (Lipinski definition) is 7. The highest BCUT2D eigenvalue weighted by molar-refractivity contribution is 7.15. The Hall–Kier alpha value is -3.78. The number of anilines is 1. The van der Waals surface area contributed by atoms with Gasteiger partial charge in [-0.15, -0.1) is 10.2 Å². The Morgan fingerprint density at radius 1 is 1.16 bits per heavy atom. The lowest BCUT2D eigenvalue weighted by molar-refractivity contribution is -0.117. The van der Waals surface area contributed by atoms with E-state index in [0.29, 0.717) is 21.5 Å². The van der Waals surface area contributed by atoms with Crippen molar-refractivity contribution in [1.82, 2.24) is 10.2 Å². The quantitative estimate of drug-likeness (QED) is 0.590. The van der Waals surface area contributed by atoms with E-state index in [1.165, 1.54) is 29.4 Å². The molecule has 2 aromatic carbocycles. The molecular weight excluding hydrogens is 414 g/mol. The average molecular weight is 433 g/mol. The lowest BCUT2D eigenvalue weighted by atomic mass is 9.95. The van der Waals surface area contributed by atoms with Crippen molar-refractivity contribution >= 4 is 34.2 Å². The highest BCUT2D eigenvalue weighted by Gasteiger charge is 2.45. The fourth-order valence-electron chi connectivity index (χ4n) is 3.39. The zero-order valence-corrected chi connectivity index (χ0v) is 17.7. The van der Waals surface area contributed by atoms with Gasteiger partial charge in [-0.25, -0.2) is 0 Å². The average Bonchev–Trinajstić information content (AvgIpc) is 3.33. The molecule has 0 aliphatic carbocycles. The topological polar surface area (TPSA) is 92.6 Å². The van der Waals surface area contributed by atoms with E-state index in [1.54, 1.807) is 37.3 Å². The van der Waals surface area contributed by atoms with E-state index in [0.717, 1.165) is 5.56 Å². The largest absolute Gasteiger partial charge is 0.503 e.